The van der Waals surface area contributed by atoms with Crippen molar-refractivity contribution in [3.63, 3.8) is 0 Å². The van der Waals surface area contributed by atoms with E-state index in [1.807, 2.05) is 12.1 Å². The zero-order valence-electron chi connectivity index (χ0n) is 10.9. The van der Waals surface area contributed by atoms with Crippen LogP contribution in [-0.2, 0) is 0 Å². The number of hydrogen-bond donors (Lipinski definition) is 0. The van der Waals surface area contributed by atoms with Crippen molar-refractivity contribution in [2.45, 2.75) is 25.3 Å². The van der Waals surface area contributed by atoms with Crippen molar-refractivity contribution >= 4 is 21.6 Å². The molecule has 0 N–H and O–H groups in total. The molecule has 0 aromatic carbocycles. The number of ether oxygens (including phenoxy) is 1. The van der Waals surface area contributed by atoms with Gasteiger partial charge < -0.3 is 9.64 Å². The van der Waals surface area contributed by atoms with Crippen LogP contribution in [0.15, 0.2) is 22.9 Å². The minimum Gasteiger partial charge on any atom is -0.477 e. The monoisotopic (exact) mass is 324 g/mol. The summed E-state index contributed by atoms with van der Waals surface area (Å²) in [5.41, 5.74) is 0.815. The molecule has 0 saturated carbocycles. The Kier molecular flexibility index (Phi) is 3.70. The maximum absolute atomic E-state index is 5.74. The van der Waals surface area contributed by atoms with Gasteiger partial charge in [0.2, 0.25) is 5.88 Å². The highest BCUT2D eigenvalue weighted by Gasteiger charge is 2.20. The summed E-state index contributed by atoms with van der Waals surface area (Å²) in [6.07, 6.45) is 5.37. The highest BCUT2D eigenvalue weighted by atomic mass is 79.9. The molecule has 5 nitrogen and oxygen atoms in total. The number of aromatic nitrogens is 3. The van der Waals surface area contributed by atoms with E-state index in [2.05, 4.69) is 38.0 Å². The fourth-order valence-corrected chi connectivity index (χ4v) is 2.91. The summed E-state index contributed by atoms with van der Waals surface area (Å²) in [6.45, 7) is 1.91. The molecule has 1 saturated heterocycles. The van der Waals surface area contributed by atoms with Crippen LogP contribution in [0.1, 0.15) is 19.3 Å². The topological polar surface area (TPSA) is 42.7 Å². The third kappa shape index (κ3) is 2.74. The van der Waals surface area contributed by atoms with Crippen molar-refractivity contribution in [2.24, 2.45) is 0 Å². The number of nitrogens with zero attached hydrogens (tertiary/aromatic N) is 4. The fourth-order valence-electron chi connectivity index (χ4n) is 2.55. The highest BCUT2D eigenvalue weighted by Crippen LogP contribution is 2.19. The Hall–Kier alpha value is -1.14. The maximum Gasteiger partial charge on any atom is 0.231 e. The fraction of sp³-hybridized carbons (Fsp3) is 0.538. The van der Waals surface area contributed by atoms with Crippen molar-refractivity contribution in [3.8, 4) is 5.88 Å². The van der Waals surface area contributed by atoms with Gasteiger partial charge in [-0.15, -0.1) is 5.10 Å². The molecule has 102 valence electrons. The predicted molar refractivity (Wildman–Crippen MR) is 76.5 cm³/mol. The van der Waals surface area contributed by atoms with Gasteiger partial charge in [0.25, 0.3) is 0 Å². The molecule has 2 aromatic heterocycles. The highest BCUT2D eigenvalue weighted by molar-refractivity contribution is 9.10. The van der Waals surface area contributed by atoms with E-state index in [9.17, 15) is 0 Å². The van der Waals surface area contributed by atoms with Gasteiger partial charge in [-0.3, -0.25) is 0 Å². The molecular formula is C13H17BrN4O. The summed E-state index contributed by atoms with van der Waals surface area (Å²) < 4.78 is 8.31. The minimum atomic E-state index is 0.645. The van der Waals surface area contributed by atoms with E-state index in [0.717, 1.165) is 16.7 Å². The Morgan fingerprint density at radius 1 is 1.47 bits per heavy atom. The van der Waals surface area contributed by atoms with Crippen LogP contribution < -0.4 is 4.74 Å². The normalized spacial score (nSPS) is 20.2. The third-order valence-electron chi connectivity index (χ3n) is 3.67. The average molecular weight is 325 g/mol. The van der Waals surface area contributed by atoms with E-state index in [0.29, 0.717) is 18.5 Å². The van der Waals surface area contributed by atoms with Gasteiger partial charge in [0.05, 0.1) is 12.8 Å². The van der Waals surface area contributed by atoms with Gasteiger partial charge in [0.1, 0.15) is 4.60 Å². The Morgan fingerprint density at radius 2 is 2.37 bits per heavy atom. The van der Waals surface area contributed by atoms with Crippen molar-refractivity contribution in [2.75, 3.05) is 20.2 Å². The molecule has 1 aliphatic heterocycles. The van der Waals surface area contributed by atoms with Crippen molar-refractivity contribution in [1.29, 1.82) is 0 Å². The number of rotatable bonds is 4. The molecule has 1 fully saturated rings. The second-order valence-electron chi connectivity index (χ2n) is 4.94. The van der Waals surface area contributed by atoms with E-state index >= 15 is 0 Å². The van der Waals surface area contributed by atoms with E-state index in [1.165, 1.54) is 19.4 Å². The standard InChI is InChI=1S/C13H17BrN4O/c1-17-7-2-3-10(17)6-8-19-13-5-4-12-15-9-11(14)18(12)16-13/h4-5,9-10H,2-3,6-8H2,1H3. The Morgan fingerprint density at radius 3 is 3.16 bits per heavy atom. The van der Waals surface area contributed by atoms with Gasteiger partial charge in [0.15, 0.2) is 5.65 Å². The molecular weight excluding hydrogens is 308 g/mol. The first-order valence-corrected chi connectivity index (χ1v) is 7.36. The lowest BCUT2D eigenvalue weighted by Crippen LogP contribution is -2.26. The molecule has 0 spiro atoms. The first-order chi connectivity index (χ1) is 9.24. The SMILES string of the molecule is CN1CCCC1CCOc1ccc2ncc(Br)n2n1. The third-order valence-corrected chi connectivity index (χ3v) is 4.21. The summed E-state index contributed by atoms with van der Waals surface area (Å²) >= 11 is 3.41. The van der Waals surface area contributed by atoms with Gasteiger partial charge in [-0.05, 0) is 54.9 Å². The molecule has 3 heterocycles. The average Bonchev–Trinajstić information content (AvgIpc) is 2.98. The molecule has 0 amide bonds. The zero-order valence-corrected chi connectivity index (χ0v) is 12.5. The van der Waals surface area contributed by atoms with Gasteiger partial charge in [0, 0.05) is 12.1 Å². The van der Waals surface area contributed by atoms with Gasteiger partial charge in [-0.2, -0.15) is 0 Å². The van der Waals surface area contributed by atoms with Crippen molar-refractivity contribution in [3.05, 3.63) is 22.9 Å². The lowest BCUT2D eigenvalue weighted by Gasteiger charge is -2.18. The summed E-state index contributed by atoms with van der Waals surface area (Å²) in [5, 5.41) is 4.39. The lowest BCUT2D eigenvalue weighted by molar-refractivity contribution is 0.227. The first-order valence-electron chi connectivity index (χ1n) is 6.57. The van der Waals surface area contributed by atoms with E-state index in [1.54, 1.807) is 10.7 Å². The molecule has 0 aliphatic carbocycles. The maximum atomic E-state index is 5.74. The molecule has 19 heavy (non-hydrogen) atoms. The van der Waals surface area contributed by atoms with Crippen LogP contribution in [0.4, 0.5) is 0 Å². The summed E-state index contributed by atoms with van der Waals surface area (Å²) in [5.74, 6) is 0.645. The lowest BCUT2D eigenvalue weighted by atomic mass is 10.1. The second-order valence-corrected chi connectivity index (χ2v) is 5.75. The van der Waals surface area contributed by atoms with Crippen LogP contribution in [0.5, 0.6) is 5.88 Å². The Bertz CT molecular complexity index is 571. The molecule has 1 aliphatic rings. The van der Waals surface area contributed by atoms with Crippen molar-refractivity contribution in [1.82, 2.24) is 19.5 Å². The van der Waals surface area contributed by atoms with E-state index < -0.39 is 0 Å². The number of hydrogen-bond acceptors (Lipinski definition) is 4. The molecule has 6 heteroatoms. The number of fused-ring (bicyclic) bond motifs is 1. The minimum absolute atomic E-state index is 0.645. The van der Waals surface area contributed by atoms with Crippen LogP contribution in [0.25, 0.3) is 5.65 Å². The van der Waals surface area contributed by atoms with Crippen LogP contribution >= 0.6 is 15.9 Å². The van der Waals surface area contributed by atoms with Crippen LogP contribution in [0.3, 0.4) is 0 Å². The number of halogens is 1. The number of likely N-dealkylation sites (tertiary alicyclic amines) is 1. The van der Waals surface area contributed by atoms with E-state index in [-0.39, 0.29) is 0 Å². The molecule has 3 rings (SSSR count). The molecule has 1 atom stereocenters. The molecule has 0 bridgehead atoms. The summed E-state index contributed by atoms with van der Waals surface area (Å²) in [7, 11) is 2.19. The second kappa shape index (κ2) is 5.46. The van der Waals surface area contributed by atoms with Gasteiger partial charge >= 0.3 is 0 Å². The smallest absolute Gasteiger partial charge is 0.231 e. The zero-order chi connectivity index (χ0) is 13.2. The van der Waals surface area contributed by atoms with Crippen LogP contribution in [-0.4, -0.2) is 45.7 Å². The molecule has 2 aromatic rings. The first kappa shape index (κ1) is 12.9. The summed E-state index contributed by atoms with van der Waals surface area (Å²) in [4.78, 5) is 6.61. The Labute approximate surface area is 120 Å². The van der Waals surface area contributed by atoms with E-state index in [4.69, 9.17) is 4.74 Å². The predicted octanol–water partition coefficient (Wildman–Crippen LogP) is 2.35. The largest absolute Gasteiger partial charge is 0.477 e. The Balaban J connectivity index is 1.60. The van der Waals surface area contributed by atoms with Gasteiger partial charge in [-0.25, -0.2) is 9.50 Å². The molecule has 0 radical (unpaired) electrons. The van der Waals surface area contributed by atoms with Gasteiger partial charge in [-0.1, -0.05) is 0 Å². The van der Waals surface area contributed by atoms with Crippen molar-refractivity contribution < 1.29 is 4.74 Å². The number of imidazole rings is 1. The van der Waals surface area contributed by atoms with Crippen LogP contribution in [0.2, 0.25) is 0 Å². The quantitative estimate of drug-likeness (QED) is 0.865. The summed E-state index contributed by atoms with van der Waals surface area (Å²) in [6, 6.07) is 4.44. The molecule has 1 unspecified atom stereocenters. The van der Waals surface area contributed by atoms with Crippen LogP contribution in [0, 0.1) is 0 Å².